The third-order valence-electron chi connectivity index (χ3n) is 3.86. The molecule has 6 heteroatoms. The molecule has 0 bridgehead atoms. The van der Waals surface area contributed by atoms with Gasteiger partial charge in [0.25, 0.3) is 5.91 Å². The fraction of sp³-hybridized carbons (Fsp3) is 0.533. The molecule has 0 radical (unpaired) electrons. The van der Waals surface area contributed by atoms with Crippen molar-refractivity contribution < 1.29 is 13.9 Å². The van der Waals surface area contributed by atoms with Crippen molar-refractivity contribution in [2.45, 2.75) is 31.5 Å². The van der Waals surface area contributed by atoms with Crippen molar-refractivity contribution in [3.63, 3.8) is 0 Å². The summed E-state index contributed by atoms with van der Waals surface area (Å²) >= 11 is 6.07. The summed E-state index contributed by atoms with van der Waals surface area (Å²) in [7, 11) is 0. The van der Waals surface area contributed by atoms with Crippen LogP contribution in [0.15, 0.2) is 18.2 Å². The Labute approximate surface area is 128 Å². The third kappa shape index (κ3) is 3.36. The number of carbonyl (C=O) groups is 1. The van der Waals surface area contributed by atoms with Gasteiger partial charge in [0, 0.05) is 29.7 Å². The van der Waals surface area contributed by atoms with Crippen molar-refractivity contribution in [1.82, 2.24) is 10.2 Å². The Bertz CT molecular complexity index is 510. The minimum atomic E-state index is -0.482. The molecule has 1 aliphatic carbocycles. The normalized spacial score (nSPS) is 22.1. The molecule has 1 aliphatic heterocycles. The first-order chi connectivity index (χ1) is 10.2. The van der Waals surface area contributed by atoms with Crippen LogP contribution in [-0.4, -0.2) is 42.6 Å². The fourth-order valence-corrected chi connectivity index (χ4v) is 2.76. The predicted molar refractivity (Wildman–Crippen MR) is 77.6 cm³/mol. The van der Waals surface area contributed by atoms with Crippen molar-refractivity contribution >= 4 is 17.5 Å². The fourth-order valence-electron chi connectivity index (χ4n) is 2.54. The van der Waals surface area contributed by atoms with Gasteiger partial charge in [0.1, 0.15) is 11.9 Å². The van der Waals surface area contributed by atoms with Crippen molar-refractivity contribution in [1.29, 1.82) is 0 Å². The first-order valence-electron chi connectivity index (χ1n) is 7.22. The van der Waals surface area contributed by atoms with E-state index in [0.717, 1.165) is 19.4 Å². The van der Waals surface area contributed by atoms with E-state index in [0.29, 0.717) is 23.7 Å². The van der Waals surface area contributed by atoms with E-state index in [-0.39, 0.29) is 24.3 Å². The van der Waals surface area contributed by atoms with Crippen molar-refractivity contribution in [3.8, 4) is 0 Å². The molecular weight excluding hydrogens is 295 g/mol. The maximum absolute atomic E-state index is 13.9. The van der Waals surface area contributed by atoms with E-state index >= 15 is 0 Å². The van der Waals surface area contributed by atoms with E-state index in [1.54, 1.807) is 17.0 Å². The Kier molecular flexibility index (Phi) is 4.42. The summed E-state index contributed by atoms with van der Waals surface area (Å²) in [6.45, 7) is 1.99. The van der Waals surface area contributed by atoms with E-state index in [4.69, 9.17) is 16.3 Å². The van der Waals surface area contributed by atoms with Crippen molar-refractivity contribution in [2.24, 2.45) is 0 Å². The molecule has 114 valence electrons. The summed E-state index contributed by atoms with van der Waals surface area (Å²) in [5.74, 6) is -0.451. The van der Waals surface area contributed by atoms with Crippen LogP contribution in [0.25, 0.3) is 0 Å². The van der Waals surface area contributed by atoms with Gasteiger partial charge < -0.3 is 15.0 Å². The number of amides is 1. The number of hydrogen-bond donors (Lipinski definition) is 1. The van der Waals surface area contributed by atoms with Crippen LogP contribution < -0.4 is 5.32 Å². The van der Waals surface area contributed by atoms with Gasteiger partial charge >= 0.3 is 0 Å². The molecule has 1 saturated heterocycles. The average Bonchev–Trinajstić information content (AvgIpc) is 3.32. The number of morpholine rings is 1. The number of rotatable bonds is 4. The van der Waals surface area contributed by atoms with Gasteiger partial charge in [-0.1, -0.05) is 17.7 Å². The Balaban J connectivity index is 1.77. The predicted octanol–water partition coefficient (Wildman–Crippen LogP) is 1.96. The number of carbonyl (C=O) groups excluding carboxylic acids is 1. The largest absolute Gasteiger partial charge is 0.366 e. The highest BCUT2D eigenvalue weighted by Gasteiger charge is 2.37. The van der Waals surface area contributed by atoms with Crippen LogP contribution in [-0.2, 0) is 16.1 Å². The first-order valence-corrected chi connectivity index (χ1v) is 7.60. The third-order valence-corrected chi connectivity index (χ3v) is 4.22. The lowest BCUT2D eigenvalue weighted by atomic mass is 10.1. The number of halogens is 2. The molecule has 1 amide bonds. The maximum atomic E-state index is 13.9. The standard InChI is InChI=1S/C15H18ClFN2O2/c16-12-2-1-3-13(17)11(12)9-19(10-4-5-10)15(20)14-8-18-6-7-21-14/h1-3,10,14,18H,4-9H2/t14-/m1/s1. The lowest BCUT2D eigenvalue weighted by Crippen LogP contribution is -2.49. The topological polar surface area (TPSA) is 41.6 Å². The molecule has 3 rings (SSSR count). The van der Waals surface area contributed by atoms with Crippen molar-refractivity contribution in [3.05, 3.63) is 34.6 Å². The average molecular weight is 313 g/mol. The van der Waals surface area contributed by atoms with E-state index in [9.17, 15) is 9.18 Å². The Morgan fingerprint density at radius 2 is 2.29 bits per heavy atom. The number of benzene rings is 1. The van der Waals surface area contributed by atoms with Gasteiger partial charge in [0.05, 0.1) is 13.2 Å². The molecule has 4 nitrogen and oxygen atoms in total. The summed E-state index contributed by atoms with van der Waals surface area (Å²) in [6.07, 6.45) is 1.43. The molecule has 1 aromatic rings. The van der Waals surface area contributed by atoms with Crippen LogP contribution >= 0.6 is 11.6 Å². The lowest BCUT2D eigenvalue weighted by Gasteiger charge is -2.30. The lowest BCUT2D eigenvalue weighted by molar-refractivity contribution is -0.146. The van der Waals surface area contributed by atoms with Crippen LogP contribution in [0.2, 0.25) is 5.02 Å². The summed E-state index contributed by atoms with van der Waals surface area (Å²) < 4.78 is 19.5. The molecule has 0 aromatic heterocycles. The molecule has 1 atom stereocenters. The molecule has 0 unspecified atom stereocenters. The molecule has 2 aliphatic rings. The molecule has 2 fully saturated rings. The van der Waals surface area contributed by atoms with Gasteiger partial charge in [0.15, 0.2) is 0 Å². The summed E-state index contributed by atoms with van der Waals surface area (Å²) in [4.78, 5) is 14.3. The number of ether oxygens (including phenoxy) is 1. The molecule has 1 N–H and O–H groups in total. The van der Waals surface area contributed by atoms with Crippen LogP contribution in [0.4, 0.5) is 4.39 Å². The Hall–Kier alpha value is -1.17. The van der Waals surface area contributed by atoms with Crippen LogP contribution in [0, 0.1) is 5.82 Å². The van der Waals surface area contributed by atoms with E-state index < -0.39 is 6.10 Å². The van der Waals surface area contributed by atoms with Gasteiger partial charge in [0.2, 0.25) is 0 Å². The second kappa shape index (κ2) is 6.30. The van der Waals surface area contributed by atoms with Crippen LogP contribution in [0.5, 0.6) is 0 Å². The monoisotopic (exact) mass is 312 g/mol. The molecule has 1 heterocycles. The summed E-state index contributed by atoms with van der Waals surface area (Å²) in [5.41, 5.74) is 0.378. The Morgan fingerprint density at radius 3 is 2.90 bits per heavy atom. The smallest absolute Gasteiger partial charge is 0.253 e. The highest BCUT2D eigenvalue weighted by Crippen LogP contribution is 2.31. The maximum Gasteiger partial charge on any atom is 0.253 e. The van der Waals surface area contributed by atoms with Crippen molar-refractivity contribution in [2.75, 3.05) is 19.7 Å². The van der Waals surface area contributed by atoms with Gasteiger partial charge in [-0.2, -0.15) is 0 Å². The molecule has 1 saturated carbocycles. The van der Waals surface area contributed by atoms with E-state index in [1.165, 1.54) is 6.07 Å². The molecule has 1 aromatic carbocycles. The summed E-state index contributed by atoms with van der Waals surface area (Å²) in [6, 6.07) is 4.76. The minimum Gasteiger partial charge on any atom is -0.366 e. The zero-order chi connectivity index (χ0) is 14.8. The summed E-state index contributed by atoms with van der Waals surface area (Å²) in [5, 5.41) is 3.50. The quantitative estimate of drug-likeness (QED) is 0.924. The van der Waals surface area contributed by atoms with Crippen LogP contribution in [0.3, 0.4) is 0 Å². The second-order valence-electron chi connectivity index (χ2n) is 5.46. The molecule has 21 heavy (non-hydrogen) atoms. The van der Waals surface area contributed by atoms with Gasteiger partial charge in [-0.25, -0.2) is 4.39 Å². The highest BCUT2D eigenvalue weighted by molar-refractivity contribution is 6.31. The SMILES string of the molecule is O=C([C@H]1CNCCO1)N(Cc1c(F)cccc1Cl)C1CC1. The molecule has 0 spiro atoms. The number of hydrogen-bond acceptors (Lipinski definition) is 3. The number of nitrogens with one attached hydrogen (secondary N) is 1. The highest BCUT2D eigenvalue weighted by atomic mass is 35.5. The van der Waals surface area contributed by atoms with Gasteiger partial charge in [-0.15, -0.1) is 0 Å². The van der Waals surface area contributed by atoms with Gasteiger partial charge in [-0.05, 0) is 25.0 Å². The second-order valence-corrected chi connectivity index (χ2v) is 5.87. The van der Waals surface area contributed by atoms with E-state index in [1.807, 2.05) is 0 Å². The minimum absolute atomic E-state index is 0.0796. The number of nitrogens with zero attached hydrogens (tertiary/aromatic N) is 1. The zero-order valence-electron chi connectivity index (χ0n) is 11.6. The van der Waals surface area contributed by atoms with Gasteiger partial charge in [-0.3, -0.25) is 4.79 Å². The van der Waals surface area contributed by atoms with E-state index in [2.05, 4.69) is 5.32 Å². The Morgan fingerprint density at radius 1 is 1.48 bits per heavy atom. The first kappa shape index (κ1) is 14.8. The molecular formula is C15H18ClFN2O2. The van der Waals surface area contributed by atoms with Crippen LogP contribution in [0.1, 0.15) is 18.4 Å². The zero-order valence-corrected chi connectivity index (χ0v) is 12.4.